The van der Waals surface area contributed by atoms with Gasteiger partial charge in [-0.1, -0.05) is 15.9 Å². The summed E-state index contributed by atoms with van der Waals surface area (Å²) in [7, 11) is 2.00. The molecule has 0 N–H and O–H groups in total. The molecule has 0 saturated carbocycles. The van der Waals surface area contributed by atoms with Crippen molar-refractivity contribution in [2.75, 3.05) is 33.2 Å². The number of ether oxygens (including phenoxy) is 1. The minimum Gasteiger partial charge on any atom is -0.435 e. The van der Waals surface area contributed by atoms with Gasteiger partial charge in [0.25, 0.3) is 5.91 Å². The predicted octanol–water partition coefficient (Wildman–Crippen LogP) is 2.44. The Morgan fingerprint density at radius 2 is 1.90 bits per heavy atom. The predicted molar refractivity (Wildman–Crippen MR) is 74.2 cm³/mol. The molecule has 0 aromatic heterocycles. The van der Waals surface area contributed by atoms with Crippen LogP contribution in [-0.4, -0.2) is 55.5 Å². The van der Waals surface area contributed by atoms with E-state index in [-0.39, 0.29) is 11.7 Å². The molecule has 1 aliphatic rings. The lowest BCUT2D eigenvalue weighted by Gasteiger charge is -2.32. The molecular weight excluding hydrogens is 334 g/mol. The number of likely N-dealkylation sites (N-methyl/N-ethyl adjacent to an activating group) is 1. The molecule has 4 nitrogen and oxygen atoms in total. The maximum Gasteiger partial charge on any atom is 0.387 e. The second kappa shape index (κ2) is 6.49. The summed E-state index contributed by atoms with van der Waals surface area (Å²) in [4.78, 5) is 16.2. The van der Waals surface area contributed by atoms with Crippen LogP contribution >= 0.6 is 15.9 Å². The van der Waals surface area contributed by atoms with Crippen LogP contribution in [0.2, 0.25) is 0 Å². The van der Waals surface area contributed by atoms with E-state index in [0.717, 1.165) is 13.1 Å². The Labute approximate surface area is 124 Å². The lowest BCUT2D eigenvalue weighted by Crippen LogP contribution is -2.47. The van der Waals surface area contributed by atoms with E-state index in [1.54, 1.807) is 11.0 Å². The highest BCUT2D eigenvalue weighted by atomic mass is 79.9. The average Bonchev–Trinajstić information content (AvgIpc) is 2.37. The van der Waals surface area contributed by atoms with E-state index in [4.69, 9.17) is 0 Å². The van der Waals surface area contributed by atoms with Crippen LogP contribution in [0.1, 0.15) is 10.4 Å². The first kappa shape index (κ1) is 15.2. The van der Waals surface area contributed by atoms with Gasteiger partial charge in [0.1, 0.15) is 5.75 Å². The van der Waals surface area contributed by atoms with Crippen molar-refractivity contribution in [2.45, 2.75) is 6.61 Å². The Bertz CT molecular complexity index is 491. The van der Waals surface area contributed by atoms with E-state index in [0.29, 0.717) is 23.1 Å². The summed E-state index contributed by atoms with van der Waals surface area (Å²) in [6.45, 7) is -0.0315. The Balaban J connectivity index is 2.14. The van der Waals surface area contributed by atoms with Crippen molar-refractivity contribution in [1.82, 2.24) is 9.80 Å². The quantitative estimate of drug-likeness (QED) is 0.841. The van der Waals surface area contributed by atoms with Gasteiger partial charge in [-0.25, -0.2) is 0 Å². The van der Waals surface area contributed by atoms with Crippen molar-refractivity contribution in [3.05, 3.63) is 28.2 Å². The van der Waals surface area contributed by atoms with Crippen LogP contribution in [0.25, 0.3) is 0 Å². The monoisotopic (exact) mass is 348 g/mol. The van der Waals surface area contributed by atoms with Crippen LogP contribution < -0.4 is 4.74 Å². The zero-order valence-corrected chi connectivity index (χ0v) is 12.6. The Hall–Kier alpha value is -1.21. The van der Waals surface area contributed by atoms with Crippen LogP contribution in [0.15, 0.2) is 22.7 Å². The Morgan fingerprint density at radius 1 is 1.25 bits per heavy atom. The van der Waals surface area contributed by atoms with Gasteiger partial charge >= 0.3 is 6.61 Å². The first-order chi connectivity index (χ1) is 9.45. The summed E-state index contributed by atoms with van der Waals surface area (Å²) in [5.41, 5.74) is 0.347. The molecule has 7 heteroatoms. The van der Waals surface area contributed by atoms with Crippen LogP contribution in [0.5, 0.6) is 5.75 Å². The van der Waals surface area contributed by atoms with Gasteiger partial charge in [0.15, 0.2) is 0 Å². The molecule has 1 fully saturated rings. The first-order valence-corrected chi connectivity index (χ1v) is 6.98. The molecule has 1 saturated heterocycles. The van der Waals surface area contributed by atoms with Crippen LogP contribution in [-0.2, 0) is 0 Å². The maximum absolute atomic E-state index is 12.3. The van der Waals surface area contributed by atoms with E-state index in [2.05, 4.69) is 25.6 Å². The summed E-state index contributed by atoms with van der Waals surface area (Å²) < 4.78 is 29.4. The molecule has 1 aliphatic heterocycles. The molecule has 1 aromatic rings. The van der Waals surface area contributed by atoms with Gasteiger partial charge in [-0.15, -0.1) is 0 Å². The third kappa shape index (κ3) is 3.89. The van der Waals surface area contributed by atoms with Crippen molar-refractivity contribution in [1.29, 1.82) is 0 Å². The van der Waals surface area contributed by atoms with Crippen molar-refractivity contribution in [3.63, 3.8) is 0 Å². The van der Waals surface area contributed by atoms with E-state index in [1.807, 2.05) is 7.05 Å². The summed E-state index contributed by atoms with van der Waals surface area (Å²) >= 11 is 3.20. The summed E-state index contributed by atoms with van der Waals surface area (Å²) in [6, 6.07) is 4.36. The fourth-order valence-corrected chi connectivity index (χ4v) is 2.52. The SMILES string of the molecule is CN1CCN(C(=O)c2cc(Br)cc(OC(F)F)c2)CC1. The number of hydrogen-bond acceptors (Lipinski definition) is 3. The highest BCUT2D eigenvalue weighted by Gasteiger charge is 2.21. The number of halogens is 3. The zero-order valence-electron chi connectivity index (χ0n) is 11.0. The zero-order chi connectivity index (χ0) is 14.7. The number of amides is 1. The fraction of sp³-hybridized carbons (Fsp3) is 0.462. The van der Waals surface area contributed by atoms with E-state index < -0.39 is 6.61 Å². The number of hydrogen-bond donors (Lipinski definition) is 0. The molecule has 0 aliphatic carbocycles. The van der Waals surface area contributed by atoms with Gasteiger partial charge in [-0.2, -0.15) is 8.78 Å². The average molecular weight is 349 g/mol. The molecule has 0 unspecified atom stereocenters. The van der Waals surface area contributed by atoms with Gasteiger partial charge in [-0.05, 0) is 25.2 Å². The van der Waals surface area contributed by atoms with Crippen molar-refractivity contribution in [2.24, 2.45) is 0 Å². The van der Waals surface area contributed by atoms with Gasteiger partial charge in [0, 0.05) is 36.2 Å². The van der Waals surface area contributed by atoms with Crippen LogP contribution in [0, 0.1) is 0 Å². The van der Waals surface area contributed by atoms with Gasteiger partial charge in [0.05, 0.1) is 0 Å². The Kier molecular flexibility index (Phi) is 4.93. The molecule has 110 valence electrons. The van der Waals surface area contributed by atoms with E-state index in [1.165, 1.54) is 12.1 Å². The highest BCUT2D eigenvalue weighted by molar-refractivity contribution is 9.10. The van der Waals surface area contributed by atoms with Crippen LogP contribution in [0.3, 0.4) is 0 Å². The minimum atomic E-state index is -2.91. The summed E-state index contributed by atoms with van der Waals surface area (Å²) in [5.74, 6) is -0.189. The van der Waals surface area contributed by atoms with Gasteiger partial charge in [0.2, 0.25) is 0 Å². The van der Waals surface area contributed by atoms with Gasteiger partial charge in [-0.3, -0.25) is 4.79 Å². The molecule has 0 spiro atoms. The third-order valence-electron chi connectivity index (χ3n) is 3.13. The third-order valence-corrected chi connectivity index (χ3v) is 3.59. The molecule has 20 heavy (non-hydrogen) atoms. The van der Waals surface area contributed by atoms with Crippen molar-refractivity contribution < 1.29 is 18.3 Å². The molecule has 1 amide bonds. The van der Waals surface area contributed by atoms with Crippen molar-refractivity contribution >= 4 is 21.8 Å². The lowest BCUT2D eigenvalue weighted by molar-refractivity contribution is -0.0499. The second-order valence-corrected chi connectivity index (χ2v) is 5.57. The molecule has 2 rings (SSSR count). The molecule has 1 aromatic carbocycles. The second-order valence-electron chi connectivity index (χ2n) is 4.65. The topological polar surface area (TPSA) is 32.8 Å². The number of rotatable bonds is 3. The standard InChI is InChI=1S/C13H15BrF2N2O2/c1-17-2-4-18(5-3-17)12(19)9-6-10(14)8-11(7-9)20-13(15)16/h6-8,13H,2-5H2,1H3. The summed E-state index contributed by atoms with van der Waals surface area (Å²) in [5, 5.41) is 0. The number of benzene rings is 1. The normalized spacial score (nSPS) is 16.6. The molecular formula is C13H15BrF2N2O2. The number of alkyl halides is 2. The molecule has 0 bridgehead atoms. The number of nitrogens with zero attached hydrogens (tertiary/aromatic N) is 2. The fourth-order valence-electron chi connectivity index (χ4n) is 2.05. The summed E-state index contributed by atoms with van der Waals surface area (Å²) in [6.07, 6.45) is 0. The first-order valence-electron chi connectivity index (χ1n) is 6.19. The van der Waals surface area contributed by atoms with Crippen LogP contribution in [0.4, 0.5) is 8.78 Å². The lowest BCUT2D eigenvalue weighted by atomic mass is 10.1. The van der Waals surface area contributed by atoms with Gasteiger partial charge < -0.3 is 14.5 Å². The van der Waals surface area contributed by atoms with Crippen molar-refractivity contribution in [3.8, 4) is 5.75 Å². The largest absolute Gasteiger partial charge is 0.435 e. The molecule has 0 radical (unpaired) electrons. The molecule has 0 atom stereocenters. The number of piperazine rings is 1. The molecule has 1 heterocycles. The van der Waals surface area contributed by atoms with E-state index >= 15 is 0 Å². The number of carbonyl (C=O) groups is 1. The maximum atomic E-state index is 12.3. The number of carbonyl (C=O) groups excluding carboxylic acids is 1. The Morgan fingerprint density at radius 3 is 2.50 bits per heavy atom. The smallest absolute Gasteiger partial charge is 0.387 e. The highest BCUT2D eigenvalue weighted by Crippen LogP contribution is 2.24. The minimum absolute atomic E-state index is 0.0214. The van der Waals surface area contributed by atoms with E-state index in [9.17, 15) is 13.6 Å².